The molecule has 0 amide bonds. The van der Waals surface area contributed by atoms with Crippen LogP contribution in [0.4, 0.5) is 0 Å². The molecule has 0 spiro atoms. The molecular formula is C15H18ClNO. The van der Waals surface area contributed by atoms with E-state index in [1.54, 1.807) is 0 Å². The Kier molecular flexibility index (Phi) is 6.26. The molecule has 18 heavy (non-hydrogen) atoms. The molecule has 2 nitrogen and oxygen atoms in total. The summed E-state index contributed by atoms with van der Waals surface area (Å²) in [7, 11) is 0. The Balaban J connectivity index is 0.000000771. The van der Waals surface area contributed by atoms with Gasteiger partial charge in [-0.2, -0.15) is 0 Å². The first-order chi connectivity index (χ1) is 8.81. The van der Waals surface area contributed by atoms with Crippen LogP contribution in [0, 0.1) is 0 Å². The SMILES string of the molecule is CC.NCc1c(Cl)cccc1Oc1ccccc1. The fraction of sp³-hybridized carbons (Fsp3) is 0.200. The number of para-hydroxylation sites is 1. The van der Waals surface area contributed by atoms with Gasteiger partial charge in [0, 0.05) is 17.1 Å². The van der Waals surface area contributed by atoms with E-state index < -0.39 is 0 Å². The number of nitrogens with two attached hydrogens (primary N) is 1. The summed E-state index contributed by atoms with van der Waals surface area (Å²) in [5.74, 6) is 1.49. The molecule has 0 fully saturated rings. The molecule has 2 rings (SSSR count). The second-order valence-electron chi connectivity index (χ2n) is 3.34. The first-order valence-electron chi connectivity index (χ1n) is 6.01. The van der Waals surface area contributed by atoms with Gasteiger partial charge in [0.25, 0.3) is 0 Å². The highest BCUT2D eigenvalue weighted by atomic mass is 35.5. The van der Waals surface area contributed by atoms with Crippen molar-refractivity contribution in [1.29, 1.82) is 0 Å². The molecule has 0 unspecified atom stereocenters. The van der Waals surface area contributed by atoms with Gasteiger partial charge in [-0.15, -0.1) is 0 Å². The van der Waals surface area contributed by atoms with Gasteiger partial charge in [0.2, 0.25) is 0 Å². The van der Waals surface area contributed by atoms with E-state index in [2.05, 4.69) is 0 Å². The second kappa shape index (κ2) is 7.75. The first kappa shape index (κ1) is 14.6. The van der Waals surface area contributed by atoms with Crippen molar-refractivity contribution < 1.29 is 4.74 Å². The molecule has 2 aromatic carbocycles. The van der Waals surface area contributed by atoms with E-state index in [9.17, 15) is 0 Å². The van der Waals surface area contributed by atoms with Crippen molar-refractivity contribution in [3.05, 3.63) is 59.1 Å². The molecule has 0 aliphatic heterocycles. The van der Waals surface area contributed by atoms with Crippen molar-refractivity contribution in [3.8, 4) is 11.5 Å². The number of halogens is 1. The Bertz CT molecular complexity index is 471. The Morgan fingerprint density at radius 1 is 1.00 bits per heavy atom. The molecule has 3 heteroatoms. The Hall–Kier alpha value is -1.51. The zero-order valence-corrected chi connectivity index (χ0v) is 11.4. The molecule has 0 atom stereocenters. The maximum atomic E-state index is 6.04. The molecule has 0 aliphatic rings. The van der Waals surface area contributed by atoms with Gasteiger partial charge in [-0.3, -0.25) is 0 Å². The molecule has 2 N–H and O–H groups in total. The van der Waals surface area contributed by atoms with Crippen LogP contribution in [0.3, 0.4) is 0 Å². The summed E-state index contributed by atoms with van der Waals surface area (Å²) < 4.78 is 5.72. The van der Waals surface area contributed by atoms with Crippen LogP contribution in [0.2, 0.25) is 5.02 Å². The van der Waals surface area contributed by atoms with Crippen molar-refractivity contribution in [3.63, 3.8) is 0 Å². The summed E-state index contributed by atoms with van der Waals surface area (Å²) in [5.41, 5.74) is 6.47. The number of benzene rings is 2. The van der Waals surface area contributed by atoms with Gasteiger partial charge in [-0.05, 0) is 24.3 Å². The molecule has 2 aromatic rings. The third kappa shape index (κ3) is 3.76. The summed E-state index contributed by atoms with van der Waals surface area (Å²) in [5, 5.41) is 0.635. The third-order valence-corrected chi connectivity index (χ3v) is 2.61. The third-order valence-electron chi connectivity index (χ3n) is 2.25. The standard InChI is InChI=1S/C13H12ClNO.C2H6/c14-12-7-4-8-13(11(12)9-15)16-10-5-2-1-3-6-10;1-2/h1-8H,9,15H2;1-2H3. The lowest BCUT2D eigenvalue weighted by Gasteiger charge is -2.10. The predicted octanol–water partition coefficient (Wildman–Crippen LogP) is 4.62. The van der Waals surface area contributed by atoms with Gasteiger partial charge in [0.05, 0.1) is 0 Å². The first-order valence-corrected chi connectivity index (χ1v) is 6.39. The summed E-state index contributed by atoms with van der Waals surface area (Å²) in [6.45, 7) is 4.36. The van der Waals surface area contributed by atoms with Gasteiger partial charge in [0.15, 0.2) is 0 Å². The van der Waals surface area contributed by atoms with Crippen molar-refractivity contribution in [2.75, 3.05) is 0 Å². The van der Waals surface area contributed by atoms with E-state index in [4.69, 9.17) is 22.1 Å². The molecule has 0 saturated carbocycles. The lowest BCUT2D eigenvalue weighted by atomic mass is 10.2. The van der Waals surface area contributed by atoms with E-state index in [0.29, 0.717) is 17.3 Å². The zero-order chi connectivity index (χ0) is 13.4. The summed E-state index contributed by atoms with van der Waals surface area (Å²) >= 11 is 6.04. The van der Waals surface area contributed by atoms with Crippen LogP contribution in [0.1, 0.15) is 19.4 Å². The van der Waals surface area contributed by atoms with Crippen LogP contribution >= 0.6 is 11.6 Å². The van der Waals surface area contributed by atoms with Crippen LogP contribution in [0.25, 0.3) is 0 Å². The molecule has 0 heterocycles. The van der Waals surface area contributed by atoms with Gasteiger partial charge in [0.1, 0.15) is 11.5 Å². The lowest BCUT2D eigenvalue weighted by Crippen LogP contribution is -2.00. The van der Waals surface area contributed by atoms with Gasteiger partial charge >= 0.3 is 0 Å². The van der Waals surface area contributed by atoms with Crippen LogP contribution in [-0.2, 0) is 6.54 Å². The monoisotopic (exact) mass is 263 g/mol. The van der Waals surface area contributed by atoms with Crippen LogP contribution in [0.5, 0.6) is 11.5 Å². The highest BCUT2D eigenvalue weighted by Gasteiger charge is 2.06. The Morgan fingerprint density at radius 3 is 2.28 bits per heavy atom. The Morgan fingerprint density at radius 2 is 1.67 bits per heavy atom. The molecule has 0 radical (unpaired) electrons. The van der Waals surface area contributed by atoms with E-state index in [-0.39, 0.29) is 0 Å². The normalized spacial score (nSPS) is 9.33. The van der Waals surface area contributed by atoms with E-state index in [1.165, 1.54) is 0 Å². The maximum absolute atomic E-state index is 6.04. The summed E-state index contributed by atoms with van der Waals surface area (Å²) in [6, 6.07) is 15.1. The average molecular weight is 264 g/mol. The number of ether oxygens (including phenoxy) is 1. The molecular weight excluding hydrogens is 246 g/mol. The maximum Gasteiger partial charge on any atom is 0.133 e. The minimum absolute atomic E-state index is 0.363. The van der Waals surface area contributed by atoms with Crippen LogP contribution < -0.4 is 10.5 Å². The highest BCUT2D eigenvalue weighted by molar-refractivity contribution is 6.31. The van der Waals surface area contributed by atoms with Crippen molar-refractivity contribution in [1.82, 2.24) is 0 Å². The minimum atomic E-state index is 0.363. The summed E-state index contributed by atoms with van der Waals surface area (Å²) in [4.78, 5) is 0. The number of rotatable bonds is 3. The topological polar surface area (TPSA) is 35.2 Å². The molecule has 0 saturated heterocycles. The van der Waals surface area contributed by atoms with Gasteiger partial charge in [-0.25, -0.2) is 0 Å². The smallest absolute Gasteiger partial charge is 0.133 e. The van der Waals surface area contributed by atoms with Crippen molar-refractivity contribution in [2.24, 2.45) is 5.73 Å². The van der Waals surface area contributed by atoms with Gasteiger partial charge < -0.3 is 10.5 Å². The van der Waals surface area contributed by atoms with Crippen LogP contribution in [0.15, 0.2) is 48.5 Å². The van der Waals surface area contributed by atoms with Crippen LogP contribution in [-0.4, -0.2) is 0 Å². The fourth-order valence-electron chi connectivity index (χ4n) is 1.45. The minimum Gasteiger partial charge on any atom is -0.457 e. The quantitative estimate of drug-likeness (QED) is 0.877. The van der Waals surface area contributed by atoms with E-state index in [1.807, 2.05) is 62.4 Å². The largest absolute Gasteiger partial charge is 0.457 e. The summed E-state index contributed by atoms with van der Waals surface area (Å²) in [6.07, 6.45) is 0. The molecule has 96 valence electrons. The number of hydrogen-bond acceptors (Lipinski definition) is 2. The van der Waals surface area contributed by atoms with Gasteiger partial charge in [-0.1, -0.05) is 49.7 Å². The highest BCUT2D eigenvalue weighted by Crippen LogP contribution is 2.29. The number of hydrogen-bond donors (Lipinski definition) is 1. The average Bonchev–Trinajstić information content (AvgIpc) is 2.42. The fourth-order valence-corrected chi connectivity index (χ4v) is 1.69. The van der Waals surface area contributed by atoms with Crippen molar-refractivity contribution in [2.45, 2.75) is 20.4 Å². The van der Waals surface area contributed by atoms with Crippen molar-refractivity contribution >= 4 is 11.6 Å². The Labute approximate surface area is 113 Å². The lowest BCUT2D eigenvalue weighted by molar-refractivity contribution is 0.476. The van der Waals surface area contributed by atoms with E-state index in [0.717, 1.165) is 11.3 Å². The second-order valence-corrected chi connectivity index (χ2v) is 3.74. The zero-order valence-electron chi connectivity index (χ0n) is 10.7. The van der Waals surface area contributed by atoms with E-state index >= 15 is 0 Å². The molecule has 0 aliphatic carbocycles. The molecule has 0 aromatic heterocycles. The predicted molar refractivity (Wildman–Crippen MR) is 77.2 cm³/mol. The molecule has 0 bridgehead atoms.